The van der Waals surface area contributed by atoms with E-state index in [1.165, 1.54) is 6.33 Å². The molecule has 1 aromatic carbocycles. The van der Waals surface area contributed by atoms with Crippen molar-refractivity contribution in [3.8, 4) is 11.4 Å². The summed E-state index contributed by atoms with van der Waals surface area (Å²) in [5.74, 6) is 0.839. The van der Waals surface area contributed by atoms with Crippen molar-refractivity contribution in [2.45, 2.75) is 23.7 Å². The molecule has 25 heavy (non-hydrogen) atoms. The SMILES string of the molecule is Nc1ncnc2c1nc(-c1ccccc1)n2[C@@H]1O[C@H](CO)[C@@H](O)[C@H]1S. The number of rotatable bonds is 3. The van der Waals surface area contributed by atoms with Crippen LogP contribution in [-0.4, -0.2) is 53.8 Å². The normalized spacial score (nSPS) is 26.4. The van der Waals surface area contributed by atoms with Gasteiger partial charge >= 0.3 is 0 Å². The maximum Gasteiger partial charge on any atom is 0.168 e. The van der Waals surface area contributed by atoms with Crippen LogP contribution in [0.5, 0.6) is 0 Å². The molecule has 0 saturated carbocycles. The Bertz CT molecular complexity index is 903. The standard InChI is InChI=1S/C16H17N5O3S/c17-13-10-15(19-7-18-13)21(14(20-10)8-4-2-1-3-5-8)16-12(25)11(23)9(6-22)24-16/h1-5,7,9,11-12,16,22-23,25H,6H2,(H2,17,18,19)/t9-,11-,12-,16-/m1/s1. The van der Waals surface area contributed by atoms with E-state index in [-0.39, 0.29) is 12.4 Å². The zero-order chi connectivity index (χ0) is 17.6. The van der Waals surface area contributed by atoms with Gasteiger partial charge in [0, 0.05) is 5.56 Å². The first kappa shape index (κ1) is 16.3. The van der Waals surface area contributed by atoms with E-state index in [9.17, 15) is 10.2 Å². The van der Waals surface area contributed by atoms with Crippen LogP contribution in [0.3, 0.4) is 0 Å². The van der Waals surface area contributed by atoms with E-state index in [1.807, 2.05) is 30.3 Å². The molecule has 0 aliphatic carbocycles. The summed E-state index contributed by atoms with van der Waals surface area (Å²) < 4.78 is 7.58. The number of anilines is 1. The van der Waals surface area contributed by atoms with Gasteiger partial charge in [0.25, 0.3) is 0 Å². The molecule has 4 N–H and O–H groups in total. The Morgan fingerprint density at radius 3 is 2.68 bits per heavy atom. The fourth-order valence-electron chi connectivity index (χ4n) is 3.05. The van der Waals surface area contributed by atoms with E-state index in [4.69, 9.17) is 10.5 Å². The molecular formula is C16H17N5O3S. The molecule has 0 bridgehead atoms. The van der Waals surface area contributed by atoms with E-state index in [0.717, 1.165) is 5.56 Å². The lowest BCUT2D eigenvalue weighted by Gasteiger charge is -2.19. The number of aliphatic hydroxyl groups excluding tert-OH is 2. The average Bonchev–Trinajstić information content (AvgIpc) is 3.15. The van der Waals surface area contributed by atoms with E-state index in [2.05, 4.69) is 27.6 Å². The maximum absolute atomic E-state index is 10.3. The second kappa shape index (κ2) is 6.26. The quantitative estimate of drug-likeness (QED) is 0.506. The molecule has 1 aliphatic rings. The molecule has 1 saturated heterocycles. The van der Waals surface area contributed by atoms with Gasteiger partial charge in [-0.05, 0) is 0 Å². The first-order valence-corrected chi connectivity index (χ1v) is 8.29. The Kier molecular flexibility index (Phi) is 4.08. The summed E-state index contributed by atoms with van der Waals surface area (Å²) in [6.07, 6.45) is -0.955. The Morgan fingerprint density at radius 1 is 1.24 bits per heavy atom. The average molecular weight is 359 g/mol. The number of nitrogen functional groups attached to an aromatic ring is 1. The smallest absolute Gasteiger partial charge is 0.168 e. The maximum atomic E-state index is 10.3. The van der Waals surface area contributed by atoms with Crippen LogP contribution < -0.4 is 5.73 Å². The van der Waals surface area contributed by atoms with Gasteiger partial charge in [0.2, 0.25) is 0 Å². The molecule has 1 fully saturated rings. The van der Waals surface area contributed by atoms with Gasteiger partial charge < -0.3 is 20.7 Å². The van der Waals surface area contributed by atoms with Crippen molar-refractivity contribution < 1.29 is 14.9 Å². The van der Waals surface area contributed by atoms with Gasteiger partial charge in [0.05, 0.1) is 18.0 Å². The molecule has 1 aliphatic heterocycles. The van der Waals surface area contributed by atoms with Crippen LogP contribution in [0.25, 0.3) is 22.6 Å². The Labute approximate surface area is 148 Å². The van der Waals surface area contributed by atoms with Crippen LogP contribution in [0.4, 0.5) is 5.82 Å². The molecule has 0 spiro atoms. The highest BCUT2D eigenvalue weighted by atomic mass is 32.1. The number of aliphatic hydroxyl groups is 2. The lowest BCUT2D eigenvalue weighted by molar-refractivity contribution is -0.0425. The number of hydrogen-bond donors (Lipinski definition) is 4. The summed E-state index contributed by atoms with van der Waals surface area (Å²) in [5, 5.41) is 19.1. The minimum absolute atomic E-state index is 0.258. The van der Waals surface area contributed by atoms with Gasteiger partial charge in [-0.2, -0.15) is 12.6 Å². The number of fused-ring (bicyclic) bond motifs is 1. The number of nitrogens with two attached hydrogens (primary N) is 1. The minimum Gasteiger partial charge on any atom is -0.394 e. The van der Waals surface area contributed by atoms with Gasteiger partial charge in [-0.3, -0.25) is 4.57 Å². The molecule has 3 heterocycles. The molecule has 130 valence electrons. The molecular weight excluding hydrogens is 342 g/mol. The summed E-state index contributed by atoms with van der Waals surface area (Å²) in [4.78, 5) is 12.9. The third-order valence-corrected chi connectivity index (χ3v) is 4.87. The number of ether oxygens (including phenoxy) is 1. The highest BCUT2D eigenvalue weighted by Gasteiger charge is 2.44. The predicted octanol–water partition coefficient (Wildman–Crippen LogP) is 0.624. The van der Waals surface area contributed by atoms with Crippen LogP contribution in [0.15, 0.2) is 36.7 Å². The van der Waals surface area contributed by atoms with Gasteiger partial charge in [-0.15, -0.1) is 0 Å². The number of imidazole rings is 1. The number of nitrogens with zero attached hydrogens (tertiary/aromatic N) is 4. The molecule has 4 rings (SSSR count). The Hall–Kier alpha value is -2.20. The van der Waals surface area contributed by atoms with Crippen molar-refractivity contribution in [2.24, 2.45) is 0 Å². The van der Waals surface area contributed by atoms with E-state index in [0.29, 0.717) is 17.0 Å². The van der Waals surface area contributed by atoms with Gasteiger partial charge in [-0.25, -0.2) is 15.0 Å². The van der Waals surface area contributed by atoms with Crippen LogP contribution in [0.1, 0.15) is 6.23 Å². The molecule has 2 aromatic heterocycles. The molecule has 0 unspecified atom stereocenters. The molecule has 9 heteroatoms. The zero-order valence-corrected chi connectivity index (χ0v) is 14.0. The van der Waals surface area contributed by atoms with Crippen molar-refractivity contribution in [1.82, 2.24) is 19.5 Å². The highest BCUT2D eigenvalue weighted by molar-refractivity contribution is 7.81. The second-order valence-corrected chi connectivity index (χ2v) is 6.43. The summed E-state index contributed by atoms with van der Waals surface area (Å²) in [6, 6.07) is 9.51. The third kappa shape index (κ3) is 2.56. The third-order valence-electron chi connectivity index (χ3n) is 4.31. The molecule has 3 aromatic rings. The van der Waals surface area contributed by atoms with Crippen LogP contribution in [0.2, 0.25) is 0 Å². The fourth-order valence-corrected chi connectivity index (χ4v) is 3.45. The van der Waals surface area contributed by atoms with E-state index in [1.54, 1.807) is 4.57 Å². The lowest BCUT2D eigenvalue weighted by Crippen LogP contribution is -2.30. The van der Waals surface area contributed by atoms with Crippen molar-refractivity contribution >= 4 is 29.6 Å². The van der Waals surface area contributed by atoms with E-state index < -0.39 is 23.7 Å². The molecule has 0 amide bonds. The van der Waals surface area contributed by atoms with Gasteiger partial charge in [0.15, 0.2) is 23.2 Å². The van der Waals surface area contributed by atoms with Gasteiger partial charge in [0.1, 0.15) is 18.3 Å². The highest BCUT2D eigenvalue weighted by Crippen LogP contribution is 2.38. The first-order valence-electron chi connectivity index (χ1n) is 7.78. The molecule has 0 radical (unpaired) electrons. The second-order valence-electron chi connectivity index (χ2n) is 5.83. The van der Waals surface area contributed by atoms with Crippen LogP contribution >= 0.6 is 12.6 Å². The summed E-state index contributed by atoms with van der Waals surface area (Å²) in [6.45, 7) is -0.306. The zero-order valence-electron chi connectivity index (χ0n) is 13.1. The summed E-state index contributed by atoms with van der Waals surface area (Å²) >= 11 is 4.48. The number of thiol groups is 1. The summed E-state index contributed by atoms with van der Waals surface area (Å²) in [7, 11) is 0. The Morgan fingerprint density at radius 2 is 2.00 bits per heavy atom. The number of aromatic nitrogens is 4. The van der Waals surface area contributed by atoms with Crippen LogP contribution in [0, 0.1) is 0 Å². The van der Waals surface area contributed by atoms with Crippen molar-refractivity contribution in [3.63, 3.8) is 0 Å². The molecule has 8 nitrogen and oxygen atoms in total. The predicted molar refractivity (Wildman–Crippen MR) is 94.9 cm³/mol. The largest absolute Gasteiger partial charge is 0.394 e. The van der Waals surface area contributed by atoms with E-state index >= 15 is 0 Å². The van der Waals surface area contributed by atoms with Gasteiger partial charge in [-0.1, -0.05) is 30.3 Å². The van der Waals surface area contributed by atoms with Crippen LogP contribution in [-0.2, 0) is 4.74 Å². The minimum atomic E-state index is -0.918. The summed E-state index contributed by atoms with van der Waals surface area (Å²) in [5.41, 5.74) is 7.73. The van der Waals surface area contributed by atoms with Crippen molar-refractivity contribution in [3.05, 3.63) is 36.7 Å². The molecule has 4 atom stereocenters. The van der Waals surface area contributed by atoms with Crippen molar-refractivity contribution in [2.75, 3.05) is 12.3 Å². The van der Waals surface area contributed by atoms with Crippen molar-refractivity contribution in [1.29, 1.82) is 0 Å². The Balaban J connectivity index is 1.94. The number of hydrogen-bond acceptors (Lipinski definition) is 8. The topological polar surface area (TPSA) is 119 Å². The lowest BCUT2D eigenvalue weighted by atomic mass is 10.1. The number of benzene rings is 1. The first-order chi connectivity index (χ1) is 12.1. The fraction of sp³-hybridized carbons (Fsp3) is 0.312. The monoisotopic (exact) mass is 359 g/mol.